The van der Waals surface area contributed by atoms with Gasteiger partial charge in [-0.05, 0) is 6.07 Å². The number of rotatable bonds is 2. The van der Waals surface area contributed by atoms with E-state index < -0.39 is 7.12 Å². The Morgan fingerprint density at radius 1 is 1.27 bits per heavy atom. The van der Waals surface area contributed by atoms with E-state index in [2.05, 4.69) is 9.88 Å². The molecule has 0 spiro atoms. The van der Waals surface area contributed by atoms with Gasteiger partial charge in [0.1, 0.15) is 5.82 Å². The lowest BCUT2D eigenvalue weighted by molar-refractivity contribution is 0.122. The zero-order valence-corrected chi connectivity index (χ0v) is 8.33. The molecule has 1 aliphatic heterocycles. The highest BCUT2D eigenvalue weighted by Crippen LogP contribution is 2.10. The third-order valence-electron chi connectivity index (χ3n) is 2.40. The van der Waals surface area contributed by atoms with Gasteiger partial charge >= 0.3 is 7.12 Å². The average molecular weight is 208 g/mol. The van der Waals surface area contributed by atoms with Crippen molar-refractivity contribution in [1.29, 1.82) is 0 Å². The molecule has 15 heavy (non-hydrogen) atoms. The molecular formula is C9H13BN2O3. The number of ether oxygens (including phenoxy) is 1. The molecule has 2 heterocycles. The molecule has 1 aromatic rings. The Morgan fingerprint density at radius 3 is 2.53 bits per heavy atom. The maximum Gasteiger partial charge on any atom is 0.490 e. The standard InChI is InChI=1S/C9H13BN2O3/c13-10(14)8-1-2-9(11-7-8)12-3-5-15-6-4-12/h1-2,7,13-14H,3-6H2. The van der Waals surface area contributed by atoms with E-state index >= 15 is 0 Å². The van der Waals surface area contributed by atoms with E-state index in [9.17, 15) is 0 Å². The van der Waals surface area contributed by atoms with Crippen molar-refractivity contribution in [1.82, 2.24) is 4.98 Å². The van der Waals surface area contributed by atoms with E-state index in [1.165, 1.54) is 6.20 Å². The molecule has 0 aliphatic carbocycles. The smallest absolute Gasteiger partial charge is 0.423 e. The van der Waals surface area contributed by atoms with Crippen molar-refractivity contribution < 1.29 is 14.8 Å². The van der Waals surface area contributed by atoms with Crippen molar-refractivity contribution in [2.24, 2.45) is 0 Å². The second-order valence-electron chi connectivity index (χ2n) is 3.42. The minimum atomic E-state index is -1.45. The molecule has 0 unspecified atom stereocenters. The van der Waals surface area contributed by atoms with Gasteiger partial charge in [-0.1, -0.05) is 6.07 Å². The minimum absolute atomic E-state index is 0.409. The first-order valence-corrected chi connectivity index (χ1v) is 4.92. The quantitative estimate of drug-likeness (QED) is 0.585. The summed E-state index contributed by atoms with van der Waals surface area (Å²) in [5.41, 5.74) is 0.409. The van der Waals surface area contributed by atoms with Crippen molar-refractivity contribution in [3.63, 3.8) is 0 Å². The summed E-state index contributed by atoms with van der Waals surface area (Å²) in [5.74, 6) is 0.850. The fourth-order valence-corrected chi connectivity index (χ4v) is 1.53. The number of aromatic nitrogens is 1. The summed E-state index contributed by atoms with van der Waals surface area (Å²) in [6, 6.07) is 3.46. The summed E-state index contributed by atoms with van der Waals surface area (Å²) in [5, 5.41) is 17.8. The molecule has 1 saturated heterocycles. The molecule has 0 saturated carbocycles. The Kier molecular flexibility index (Phi) is 3.20. The van der Waals surface area contributed by atoms with Gasteiger partial charge in [0.2, 0.25) is 0 Å². The molecule has 2 rings (SSSR count). The zero-order chi connectivity index (χ0) is 10.7. The Balaban J connectivity index is 2.08. The molecule has 0 amide bonds. The first-order valence-electron chi connectivity index (χ1n) is 4.92. The summed E-state index contributed by atoms with van der Waals surface area (Å²) in [6.07, 6.45) is 1.48. The van der Waals surface area contributed by atoms with Crippen LogP contribution in [0, 0.1) is 0 Å². The molecule has 1 aromatic heterocycles. The van der Waals surface area contributed by atoms with Crippen LogP contribution >= 0.6 is 0 Å². The average Bonchev–Trinajstić information content (AvgIpc) is 2.30. The molecule has 80 valence electrons. The number of morpholine rings is 1. The number of pyridine rings is 1. The Hall–Kier alpha value is -1.11. The first-order chi connectivity index (χ1) is 7.27. The summed E-state index contributed by atoms with van der Waals surface area (Å²) in [7, 11) is -1.45. The molecule has 0 radical (unpaired) electrons. The van der Waals surface area contributed by atoms with Gasteiger partial charge in [-0.15, -0.1) is 0 Å². The van der Waals surface area contributed by atoms with Gasteiger partial charge in [0.05, 0.1) is 13.2 Å². The van der Waals surface area contributed by atoms with E-state index in [0.717, 1.165) is 18.9 Å². The third kappa shape index (κ3) is 2.47. The molecule has 0 bridgehead atoms. The van der Waals surface area contributed by atoms with Crippen molar-refractivity contribution in [3.05, 3.63) is 18.3 Å². The van der Waals surface area contributed by atoms with Crippen molar-refractivity contribution in [3.8, 4) is 0 Å². The Morgan fingerprint density at radius 2 is 2.00 bits per heavy atom. The van der Waals surface area contributed by atoms with Gasteiger partial charge in [0.25, 0.3) is 0 Å². The van der Waals surface area contributed by atoms with Crippen LogP contribution in [0.25, 0.3) is 0 Å². The monoisotopic (exact) mass is 208 g/mol. The second kappa shape index (κ2) is 4.61. The highest BCUT2D eigenvalue weighted by Gasteiger charge is 2.14. The van der Waals surface area contributed by atoms with Crippen LogP contribution < -0.4 is 10.4 Å². The third-order valence-corrected chi connectivity index (χ3v) is 2.40. The van der Waals surface area contributed by atoms with E-state index in [1.54, 1.807) is 12.1 Å². The number of nitrogens with zero attached hydrogens (tertiary/aromatic N) is 2. The van der Waals surface area contributed by atoms with Gasteiger partial charge in [0.15, 0.2) is 0 Å². The van der Waals surface area contributed by atoms with E-state index in [-0.39, 0.29) is 0 Å². The molecule has 5 nitrogen and oxygen atoms in total. The highest BCUT2D eigenvalue weighted by molar-refractivity contribution is 6.58. The van der Waals surface area contributed by atoms with Gasteiger partial charge in [-0.25, -0.2) is 4.98 Å². The van der Waals surface area contributed by atoms with Crippen LogP contribution in [0.1, 0.15) is 0 Å². The van der Waals surface area contributed by atoms with Gasteiger partial charge in [-0.2, -0.15) is 0 Å². The fourth-order valence-electron chi connectivity index (χ4n) is 1.53. The van der Waals surface area contributed by atoms with Gasteiger partial charge in [0, 0.05) is 24.7 Å². The first kappa shape index (κ1) is 10.4. The Labute approximate surface area is 88.5 Å². The number of anilines is 1. The predicted octanol–water partition coefficient (Wildman–Crippen LogP) is -1.40. The largest absolute Gasteiger partial charge is 0.490 e. The van der Waals surface area contributed by atoms with Crippen LogP contribution in [0.15, 0.2) is 18.3 Å². The molecule has 0 aromatic carbocycles. The number of hydrogen-bond acceptors (Lipinski definition) is 5. The highest BCUT2D eigenvalue weighted by atomic mass is 16.5. The SMILES string of the molecule is OB(O)c1ccc(N2CCOCC2)nc1. The van der Waals surface area contributed by atoms with E-state index in [0.29, 0.717) is 18.7 Å². The summed E-state index contributed by atoms with van der Waals surface area (Å²) in [4.78, 5) is 6.28. The van der Waals surface area contributed by atoms with Gasteiger partial charge in [-0.3, -0.25) is 0 Å². The second-order valence-corrected chi connectivity index (χ2v) is 3.42. The predicted molar refractivity (Wildman–Crippen MR) is 57.1 cm³/mol. The maximum absolute atomic E-state index is 8.91. The van der Waals surface area contributed by atoms with E-state index in [4.69, 9.17) is 14.8 Å². The van der Waals surface area contributed by atoms with Crippen molar-refractivity contribution in [2.45, 2.75) is 0 Å². The topological polar surface area (TPSA) is 65.8 Å². The molecular weight excluding hydrogens is 195 g/mol. The van der Waals surface area contributed by atoms with Crippen molar-refractivity contribution >= 4 is 18.4 Å². The van der Waals surface area contributed by atoms with Crippen LogP contribution in [0.5, 0.6) is 0 Å². The van der Waals surface area contributed by atoms with Crippen LogP contribution in [-0.4, -0.2) is 48.5 Å². The number of hydrogen-bond donors (Lipinski definition) is 2. The van der Waals surface area contributed by atoms with E-state index in [1.807, 2.05) is 0 Å². The van der Waals surface area contributed by atoms with Crippen LogP contribution in [0.4, 0.5) is 5.82 Å². The Bertz CT molecular complexity index is 312. The lowest BCUT2D eigenvalue weighted by Gasteiger charge is -2.27. The van der Waals surface area contributed by atoms with Crippen LogP contribution in [0.2, 0.25) is 0 Å². The lowest BCUT2D eigenvalue weighted by atomic mass is 9.82. The molecule has 1 fully saturated rings. The summed E-state index contributed by atoms with van der Waals surface area (Å²) < 4.78 is 5.23. The lowest BCUT2D eigenvalue weighted by Crippen LogP contribution is -2.37. The summed E-state index contributed by atoms with van der Waals surface area (Å²) in [6.45, 7) is 3.08. The summed E-state index contributed by atoms with van der Waals surface area (Å²) >= 11 is 0. The zero-order valence-electron chi connectivity index (χ0n) is 8.33. The van der Waals surface area contributed by atoms with Crippen LogP contribution in [0.3, 0.4) is 0 Å². The fraction of sp³-hybridized carbons (Fsp3) is 0.444. The maximum atomic E-state index is 8.91. The molecule has 2 N–H and O–H groups in total. The molecule has 6 heteroatoms. The van der Waals surface area contributed by atoms with Gasteiger partial charge < -0.3 is 19.7 Å². The molecule has 1 aliphatic rings. The van der Waals surface area contributed by atoms with Crippen molar-refractivity contribution in [2.75, 3.05) is 31.2 Å². The normalized spacial score (nSPS) is 16.5. The molecule has 0 atom stereocenters. The minimum Gasteiger partial charge on any atom is -0.423 e. The van der Waals surface area contributed by atoms with Crippen LogP contribution in [-0.2, 0) is 4.74 Å².